The molecule has 0 saturated carbocycles. The number of carboxylic acid groups (broad SMARTS) is 1. The molecule has 0 saturated heterocycles. The van der Waals surface area contributed by atoms with E-state index >= 15 is 0 Å². The van der Waals surface area contributed by atoms with Gasteiger partial charge in [0.15, 0.2) is 0 Å². The minimum absolute atomic E-state index is 0.108. The first-order chi connectivity index (χ1) is 13.1. The molecular weight excluding hydrogens is 364 g/mol. The molecule has 0 aromatic heterocycles. The number of carboxylic acids is 1. The van der Waals surface area contributed by atoms with Crippen molar-refractivity contribution in [1.29, 1.82) is 0 Å². The Morgan fingerprint density at radius 2 is 1.61 bits per heavy atom. The van der Waals surface area contributed by atoms with Gasteiger partial charge < -0.3 is 26.8 Å². The second-order valence-corrected chi connectivity index (χ2v) is 6.87. The second-order valence-electron chi connectivity index (χ2n) is 6.87. The summed E-state index contributed by atoms with van der Waals surface area (Å²) in [5, 5.41) is 16.1. The summed E-state index contributed by atoms with van der Waals surface area (Å²) in [5.41, 5.74) is 6.67. The predicted octanol–water partition coefficient (Wildman–Crippen LogP) is -0.597. The van der Waals surface area contributed by atoms with Crippen molar-refractivity contribution in [2.24, 2.45) is 11.7 Å². The summed E-state index contributed by atoms with van der Waals surface area (Å²) in [7, 11) is 0. The van der Waals surface area contributed by atoms with Crippen molar-refractivity contribution in [3.63, 3.8) is 0 Å². The lowest BCUT2D eigenvalue weighted by Crippen LogP contribution is -2.55. The van der Waals surface area contributed by atoms with Crippen LogP contribution in [0.15, 0.2) is 30.3 Å². The number of carbonyl (C=O) groups is 4. The molecule has 154 valence electrons. The molecule has 0 fully saturated rings. The largest absolute Gasteiger partial charge is 0.480 e. The van der Waals surface area contributed by atoms with Gasteiger partial charge in [-0.15, -0.1) is 0 Å². The number of carbonyl (C=O) groups excluding carboxylic acids is 3. The van der Waals surface area contributed by atoms with Gasteiger partial charge in [-0.2, -0.15) is 0 Å². The maximum Gasteiger partial charge on any atom is 0.325 e. The monoisotopic (exact) mass is 392 g/mol. The molecule has 1 aromatic carbocycles. The minimum Gasteiger partial charge on any atom is -0.480 e. The highest BCUT2D eigenvalue weighted by Crippen LogP contribution is 2.05. The van der Waals surface area contributed by atoms with Gasteiger partial charge in [-0.05, 0) is 18.4 Å². The van der Waals surface area contributed by atoms with Crippen LogP contribution in [0, 0.1) is 5.92 Å². The van der Waals surface area contributed by atoms with Crippen LogP contribution in [-0.4, -0.2) is 53.5 Å². The third-order valence-corrected chi connectivity index (χ3v) is 4.11. The Hall–Kier alpha value is -2.94. The molecule has 0 aliphatic rings. The number of benzene rings is 1. The van der Waals surface area contributed by atoms with Gasteiger partial charge in [0.05, 0.1) is 12.6 Å². The van der Waals surface area contributed by atoms with Crippen LogP contribution in [0.4, 0.5) is 0 Å². The number of aliphatic carboxylic acids is 1. The summed E-state index contributed by atoms with van der Waals surface area (Å²) in [6, 6.07) is 6.31. The van der Waals surface area contributed by atoms with Crippen LogP contribution in [0.25, 0.3) is 0 Å². The van der Waals surface area contributed by atoms with Crippen LogP contribution < -0.4 is 21.7 Å². The SMILES string of the molecule is CC(NC(=O)CNC(=O)C(Cc1ccccc1)NC(=O)C(N)C(C)C)C(=O)O. The summed E-state index contributed by atoms with van der Waals surface area (Å²) in [6.07, 6.45) is 0.219. The Kier molecular flexibility index (Phi) is 9.10. The lowest BCUT2D eigenvalue weighted by atomic mass is 10.0. The van der Waals surface area contributed by atoms with E-state index in [-0.39, 0.29) is 12.3 Å². The molecule has 0 heterocycles. The van der Waals surface area contributed by atoms with Crippen molar-refractivity contribution in [2.45, 2.75) is 45.3 Å². The van der Waals surface area contributed by atoms with E-state index in [2.05, 4.69) is 16.0 Å². The van der Waals surface area contributed by atoms with E-state index in [0.717, 1.165) is 5.56 Å². The molecule has 3 atom stereocenters. The summed E-state index contributed by atoms with van der Waals surface area (Å²) in [6.45, 7) is 4.50. The normalized spacial score (nSPS) is 13.9. The fourth-order valence-corrected chi connectivity index (χ4v) is 2.27. The Balaban J connectivity index is 2.76. The fourth-order valence-electron chi connectivity index (χ4n) is 2.27. The lowest BCUT2D eigenvalue weighted by Gasteiger charge is -2.22. The van der Waals surface area contributed by atoms with Crippen LogP contribution in [0.5, 0.6) is 0 Å². The molecule has 0 aliphatic carbocycles. The number of amides is 3. The smallest absolute Gasteiger partial charge is 0.325 e. The Labute approximate surface area is 164 Å². The van der Waals surface area contributed by atoms with Gasteiger partial charge in [-0.25, -0.2) is 0 Å². The number of nitrogens with one attached hydrogen (secondary N) is 3. The van der Waals surface area contributed by atoms with E-state index in [1.54, 1.807) is 13.8 Å². The molecule has 0 aliphatic heterocycles. The highest BCUT2D eigenvalue weighted by atomic mass is 16.4. The highest BCUT2D eigenvalue weighted by Gasteiger charge is 2.26. The maximum absolute atomic E-state index is 12.5. The van der Waals surface area contributed by atoms with Crippen LogP contribution in [0.2, 0.25) is 0 Å². The molecule has 0 radical (unpaired) electrons. The van der Waals surface area contributed by atoms with Crippen LogP contribution in [-0.2, 0) is 25.6 Å². The van der Waals surface area contributed by atoms with Gasteiger partial charge in [-0.1, -0.05) is 44.2 Å². The zero-order chi connectivity index (χ0) is 21.3. The Bertz CT molecular complexity index is 693. The standard InChI is InChI=1S/C19H28N4O5/c1-11(2)16(20)18(26)23-14(9-13-7-5-4-6-8-13)17(25)21-10-15(24)22-12(3)19(27)28/h4-8,11-12,14,16H,9-10,20H2,1-3H3,(H,21,25)(H,22,24)(H,23,26)(H,27,28). The molecule has 1 aromatic rings. The number of rotatable bonds is 10. The molecule has 1 rings (SSSR count). The van der Waals surface area contributed by atoms with Crippen molar-refractivity contribution in [1.82, 2.24) is 16.0 Å². The Morgan fingerprint density at radius 1 is 1.00 bits per heavy atom. The molecule has 3 unspecified atom stereocenters. The van der Waals surface area contributed by atoms with Gasteiger partial charge >= 0.3 is 5.97 Å². The number of nitrogens with two attached hydrogens (primary N) is 1. The predicted molar refractivity (Wildman–Crippen MR) is 103 cm³/mol. The number of hydrogen-bond acceptors (Lipinski definition) is 5. The van der Waals surface area contributed by atoms with E-state index in [0.29, 0.717) is 0 Å². The van der Waals surface area contributed by atoms with Crippen molar-refractivity contribution in [3.8, 4) is 0 Å². The van der Waals surface area contributed by atoms with Crippen LogP contribution >= 0.6 is 0 Å². The van der Waals surface area contributed by atoms with Crippen molar-refractivity contribution < 1.29 is 24.3 Å². The van der Waals surface area contributed by atoms with E-state index in [1.165, 1.54) is 6.92 Å². The van der Waals surface area contributed by atoms with Gasteiger partial charge in [0.1, 0.15) is 12.1 Å². The van der Waals surface area contributed by atoms with Crippen molar-refractivity contribution in [3.05, 3.63) is 35.9 Å². The minimum atomic E-state index is -1.18. The first-order valence-electron chi connectivity index (χ1n) is 9.01. The van der Waals surface area contributed by atoms with E-state index in [4.69, 9.17) is 10.8 Å². The average molecular weight is 392 g/mol. The molecule has 0 bridgehead atoms. The Morgan fingerprint density at radius 3 is 2.14 bits per heavy atom. The molecule has 6 N–H and O–H groups in total. The fraction of sp³-hybridized carbons (Fsp3) is 0.474. The number of hydrogen-bond donors (Lipinski definition) is 5. The quantitative estimate of drug-likeness (QED) is 0.359. The van der Waals surface area contributed by atoms with Crippen LogP contribution in [0.1, 0.15) is 26.3 Å². The first kappa shape index (κ1) is 23.1. The van der Waals surface area contributed by atoms with Gasteiger partial charge in [0.25, 0.3) is 0 Å². The molecule has 28 heavy (non-hydrogen) atoms. The summed E-state index contributed by atoms with van der Waals surface area (Å²) in [5.74, 6) is -2.96. The van der Waals surface area contributed by atoms with E-state index in [1.807, 2.05) is 30.3 Å². The molecule has 0 spiro atoms. The average Bonchev–Trinajstić information content (AvgIpc) is 2.65. The zero-order valence-electron chi connectivity index (χ0n) is 16.3. The first-order valence-corrected chi connectivity index (χ1v) is 9.01. The third kappa shape index (κ3) is 7.75. The second kappa shape index (κ2) is 11.0. The third-order valence-electron chi connectivity index (χ3n) is 4.11. The van der Waals surface area contributed by atoms with Crippen molar-refractivity contribution in [2.75, 3.05) is 6.54 Å². The van der Waals surface area contributed by atoms with Crippen LogP contribution in [0.3, 0.4) is 0 Å². The van der Waals surface area contributed by atoms with E-state index in [9.17, 15) is 19.2 Å². The summed E-state index contributed by atoms with van der Waals surface area (Å²) in [4.78, 5) is 47.4. The summed E-state index contributed by atoms with van der Waals surface area (Å²) >= 11 is 0. The van der Waals surface area contributed by atoms with Gasteiger partial charge in [-0.3, -0.25) is 19.2 Å². The lowest BCUT2D eigenvalue weighted by molar-refractivity contribution is -0.141. The topological polar surface area (TPSA) is 151 Å². The van der Waals surface area contributed by atoms with E-state index < -0.39 is 48.4 Å². The molecule has 3 amide bonds. The summed E-state index contributed by atoms with van der Waals surface area (Å²) < 4.78 is 0. The molecule has 9 nitrogen and oxygen atoms in total. The van der Waals surface area contributed by atoms with Crippen molar-refractivity contribution >= 4 is 23.7 Å². The molecule has 9 heteroatoms. The molecular formula is C19H28N4O5. The highest BCUT2D eigenvalue weighted by molar-refractivity contribution is 5.92. The zero-order valence-corrected chi connectivity index (χ0v) is 16.3. The van der Waals surface area contributed by atoms with Gasteiger partial charge in [0, 0.05) is 6.42 Å². The maximum atomic E-state index is 12.5. The van der Waals surface area contributed by atoms with Gasteiger partial charge in [0.2, 0.25) is 17.7 Å².